The van der Waals surface area contributed by atoms with E-state index in [0.717, 1.165) is 22.2 Å². The maximum absolute atomic E-state index is 6.42. The predicted molar refractivity (Wildman–Crippen MR) is 86.2 cm³/mol. The number of nitrogens with two attached hydrogens (primary N) is 1. The number of rotatable bonds is 2. The van der Waals surface area contributed by atoms with Crippen LogP contribution >= 0.6 is 0 Å². The van der Waals surface area contributed by atoms with Gasteiger partial charge in [0.15, 0.2) is 0 Å². The monoisotopic (exact) mass is 273 g/mol. The molecule has 2 aromatic rings. The SMILES string of the molecule is CC(C)(C)[Si](C)(C)Oc1ccc(N)c2ccccc12. The molecule has 0 aliphatic carbocycles. The van der Waals surface area contributed by atoms with Gasteiger partial charge in [0.05, 0.1) is 0 Å². The highest BCUT2D eigenvalue weighted by atomic mass is 28.4. The minimum atomic E-state index is -1.82. The highest BCUT2D eigenvalue weighted by Crippen LogP contribution is 2.39. The van der Waals surface area contributed by atoms with Gasteiger partial charge in [-0.25, -0.2) is 0 Å². The van der Waals surface area contributed by atoms with Gasteiger partial charge in [-0.1, -0.05) is 45.0 Å². The fraction of sp³-hybridized carbons (Fsp3) is 0.375. The second-order valence-electron chi connectivity index (χ2n) is 6.56. The van der Waals surface area contributed by atoms with Crippen molar-refractivity contribution in [3.8, 4) is 5.75 Å². The lowest BCUT2D eigenvalue weighted by molar-refractivity contribution is 0.496. The number of hydrogen-bond donors (Lipinski definition) is 1. The van der Waals surface area contributed by atoms with E-state index in [9.17, 15) is 0 Å². The smallest absolute Gasteiger partial charge is 0.250 e. The minimum absolute atomic E-state index is 0.190. The lowest BCUT2D eigenvalue weighted by atomic mass is 10.1. The first kappa shape index (κ1) is 13.9. The van der Waals surface area contributed by atoms with Gasteiger partial charge in [-0.05, 0) is 30.3 Å². The van der Waals surface area contributed by atoms with Gasteiger partial charge in [0.2, 0.25) is 0 Å². The number of hydrogen-bond acceptors (Lipinski definition) is 2. The third kappa shape index (κ3) is 2.61. The van der Waals surface area contributed by atoms with Crippen molar-refractivity contribution in [3.05, 3.63) is 36.4 Å². The Hall–Kier alpha value is -1.48. The molecule has 2 aromatic carbocycles. The van der Waals surface area contributed by atoms with Crippen LogP contribution < -0.4 is 10.2 Å². The molecule has 2 nitrogen and oxygen atoms in total. The van der Waals surface area contributed by atoms with Crippen LogP contribution in [0.1, 0.15) is 20.8 Å². The topological polar surface area (TPSA) is 35.2 Å². The van der Waals surface area contributed by atoms with Gasteiger partial charge >= 0.3 is 0 Å². The second kappa shape index (κ2) is 4.56. The van der Waals surface area contributed by atoms with Gasteiger partial charge in [0.25, 0.3) is 8.32 Å². The maximum atomic E-state index is 6.42. The molecule has 2 N–H and O–H groups in total. The van der Waals surface area contributed by atoms with E-state index >= 15 is 0 Å². The van der Waals surface area contributed by atoms with E-state index in [-0.39, 0.29) is 5.04 Å². The average molecular weight is 273 g/mol. The van der Waals surface area contributed by atoms with Gasteiger partial charge in [-0.3, -0.25) is 0 Å². The van der Waals surface area contributed by atoms with Crippen molar-refractivity contribution in [1.82, 2.24) is 0 Å². The molecule has 0 heterocycles. The summed E-state index contributed by atoms with van der Waals surface area (Å²) in [6.07, 6.45) is 0. The Labute approximate surface area is 116 Å². The Bertz CT molecular complexity index is 599. The third-order valence-corrected chi connectivity index (χ3v) is 8.43. The fourth-order valence-electron chi connectivity index (χ4n) is 1.81. The molecule has 19 heavy (non-hydrogen) atoms. The Morgan fingerprint density at radius 2 is 1.53 bits per heavy atom. The van der Waals surface area contributed by atoms with E-state index in [2.05, 4.69) is 39.9 Å². The van der Waals surface area contributed by atoms with Crippen LogP contribution in [-0.4, -0.2) is 8.32 Å². The zero-order valence-corrected chi connectivity index (χ0v) is 13.4. The summed E-state index contributed by atoms with van der Waals surface area (Å²) < 4.78 is 6.42. The number of nitrogen functional groups attached to an aromatic ring is 1. The molecule has 102 valence electrons. The third-order valence-electron chi connectivity index (χ3n) is 4.09. The van der Waals surface area contributed by atoms with E-state index in [1.165, 1.54) is 0 Å². The normalized spacial score (nSPS) is 12.7. The zero-order chi connectivity index (χ0) is 14.3. The summed E-state index contributed by atoms with van der Waals surface area (Å²) in [6, 6.07) is 12.1. The van der Waals surface area contributed by atoms with Gasteiger partial charge in [0.1, 0.15) is 5.75 Å². The summed E-state index contributed by atoms with van der Waals surface area (Å²) in [4.78, 5) is 0. The average Bonchev–Trinajstić information content (AvgIpc) is 2.32. The Balaban J connectivity index is 2.51. The molecular formula is C16H23NOSi. The first-order chi connectivity index (χ1) is 8.72. The van der Waals surface area contributed by atoms with Crippen molar-refractivity contribution in [3.63, 3.8) is 0 Å². The summed E-state index contributed by atoms with van der Waals surface area (Å²) in [5, 5.41) is 2.36. The van der Waals surface area contributed by atoms with Crippen LogP contribution in [0, 0.1) is 0 Å². The fourth-order valence-corrected chi connectivity index (χ4v) is 2.85. The molecular weight excluding hydrogens is 250 g/mol. The van der Waals surface area contributed by atoms with Crippen LogP contribution in [0.15, 0.2) is 36.4 Å². The van der Waals surface area contributed by atoms with Crippen molar-refractivity contribution < 1.29 is 4.43 Å². The van der Waals surface area contributed by atoms with E-state index < -0.39 is 8.32 Å². The van der Waals surface area contributed by atoms with Crippen molar-refractivity contribution in [1.29, 1.82) is 0 Å². The molecule has 0 aromatic heterocycles. The highest BCUT2D eigenvalue weighted by molar-refractivity contribution is 6.74. The molecule has 0 amide bonds. The Morgan fingerprint density at radius 3 is 2.11 bits per heavy atom. The first-order valence-corrected chi connectivity index (χ1v) is 9.59. The molecule has 0 radical (unpaired) electrons. The van der Waals surface area contributed by atoms with Gasteiger partial charge in [-0.2, -0.15) is 0 Å². The predicted octanol–water partition coefficient (Wildman–Crippen LogP) is 4.81. The molecule has 0 fully saturated rings. The molecule has 0 atom stereocenters. The molecule has 2 rings (SSSR count). The van der Waals surface area contributed by atoms with Crippen LogP contribution in [-0.2, 0) is 0 Å². The van der Waals surface area contributed by atoms with Gasteiger partial charge in [0, 0.05) is 16.5 Å². The first-order valence-electron chi connectivity index (χ1n) is 6.68. The van der Waals surface area contributed by atoms with Crippen LogP contribution in [0.3, 0.4) is 0 Å². The number of benzene rings is 2. The van der Waals surface area contributed by atoms with E-state index in [1.54, 1.807) is 0 Å². The second-order valence-corrected chi connectivity index (χ2v) is 11.3. The highest BCUT2D eigenvalue weighted by Gasteiger charge is 2.39. The summed E-state index contributed by atoms with van der Waals surface area (Å²) in [6.45, 7) is 11.3. The summed E-state index contributed by atoms with van der Waals surface area (Å²) in [7, 11) is -1.82. The Kier molecular flexibility index (Phi) is 3.35. The summed E-state index contributed by atoms with van der Waals surface area (Å²) in [5.41, 5.74) is 6.83. The molecule has 0 saturated carbocycles. The van der Waals surface area contributed by atoms with Crippen LogP contribution in [0.4, 0.5) is 5.69 Å². The van der Waals surface area contributed by atoms with Crippen molar-refractivity contribution in [2.75, 3.05) is 5.73 Å². The van der Waals surface area contributed by atoms with Crippen molar-refractivity contribution in [2.45, 2.75) is 38.9 Å². The summed E-state index contributed by atoms with van der Waals surface area (Å²) in [5.74, 6) is 0.955. The quantitative estimate of drug-likeness (QED) is 0.629. The Morgan fingerprint density at radius 1 is 0.947 bits per heavy atom. The van der Waals surface area contributed by atoms with E-state index in [0.29, 0.717) is 0 Å². The molecule has 0 aliphatic heterocycles. The van der Waals surface area contributed by atoms with Gasteiger partial charge in [-0.15, -0.1) is 0 Å². The molecule has 0 spiro atoms. The van der Waals surface area contributed by atoms with Crippen molar-refractivity contribution in [2.24, 2.45) is 0 Å². The molecule has 3 heteroatoms. The van der Waals surface area contributed by atoms with Crippen LogP contribution in [0.5, 0.6) is 5.75 Å². The number of fused-ring (bicyclic) bond motifs is 1. The maximum Gasteiger partial charge on any atom is 0.250 e. The lowest BCUT2D eigenvalue weighted by Gasteiger charge is -2.36. The standard InChI is InChI=1S/C16H23NOSi/c1-16(2,3)19(4,5)18-15-11-10-14(17)12-8-6-7-9-13(12)15/h6-11H,17H2,1-5H3. The zero-order valence-electron chi connectivity index (χ0n) is 12.4. The lowest BCUT2D eigenvalue weighted by Crippen LogP contribution is -2.43. The van der Waals surface area contributed by atoms with E-state index in [4.69, 9.17) is 10.2 Å². The van der Waals surface area contributed by atoms with Crippen LogP contribution in [0.25, 0.3) is 10.8 Å². The van der Waals surface area contributed by atoms with E-state index in [1.807, 2.05) is 30.3 Å². The molecule has 0 unspecified atom stereocenters. The van der Waals surface area contributed by atoms with Crippen molar-refractivity contribution >= 4 is 24.8 Å². The molecule has 0 aliphatic rings. The molecule has 0 bridgehead atoms. The number of anilines is 1. The minimum Gasteiger partial charge on any atom is -0.543 e. The summed E-state index contributed by atoms with van der Waals surface area (Å²) >= 11 is 0. The largest absolute Gasteiger partial charge is 0.543 e. The van der Waals surface area contributed by atoms with Crippen LogP contribution in [0.2, 0.25) is 18.1 Å². The molecule has 0 saturated heterocycles. The van der Waals surface area contributed by atoms with Gasteiger partial charge < -0.3 is 10.2 Å².